The summed E-state index contributed by atoms with van der Waals surface area (Å²) >= 11 is 18.6. The highest BCUT2D eigenvalue weighted by Crippen LogP contribution is 2.64. The molecule has 14 nitrogen and oxygen atoms in total. The summed E-state index contributed by atoms with van der Waals surface area (Å²) < 4.78 is 32.8. The van der Waals surface area contributed by atoms with Crippen molar-refractivity contribution in [1.29, 1.82) is 5.26 Å². The number of benzene rings is 2. The number of thioether (sulfide) groups is 1. The lowest BCUT2D eigenvalue weighted by Gasteiger charge is -2.61. The number of hydrogen-bond acceptors (Lipinski definition) is 14. The third-order valence-electron chi connectivity index (χ3n) is 10.3. The first-order valence-corrected chi connectivity index (χ1v) is 18.6. The Morgan fingerprint density at radius 1 is 1.15 bits per heavy atom. The number of phenols is 1. The van der Waals surface area contributed by atoms with Crippen molar-refractivity contribution in [3.63, 3.8) is 0 Å². The number of amides is 1. The fourth-order valence-corrected chi connectivity index (χ4v) is 10.1. The molecule has 1 amide bonds. The van der Waals surface area contributed by atoms with Gasteiger partial charge in [0, 0.05) is 47.0 Å². The highest BCUT2D eigenvalue weighted by molar-refractivity contribution is 7.99. The van der Waals surface area contributed by atoms with E-state index in [0.29, 0.717) is 45.9 Å². The number of piperazine rings is 1. The predicted octanol–water partition coefficient (Wildman–Crippen LogP) is 4.70. The molecule has 2 N–H and O–H groups in total. The molecule has 7 atom stereocenters. The molecule has 2 aromatic carbocycles. The van der Waals surface area contributed by atoms with Gasteiger partial charge in [0.1, 0.15) is 31.0 Å². The van der Waals surface area contributed by atoms with Crippen molar-refractivity contribution >= 4 is 64.6 Å². The molecular formula is C34H35Cl3N4O10S. The number of aryl methyl sites for hydroxylation is 1. The predicted molar refractivity (Wildman–Crippen MR) is 188 cm³/mol. The second kappa shape index (κ2) is 13.7. The van der Waals surface area contributed by atoms with Crippen molar-refractivity contribution in [2.45, 2.75) is 72.5 Å². The molecule has 0 spiro atoms. The van der Waals surface area contributed by atoms with E-state index in [9.17, 15) is 24.8 Å². The zero-order valence-electron chi connectivity index (χ0n) is 28.7. The molecule has 0 radical (unpaired) electrons. The van der Waals surface area contributed by atoms with Crippen LogP contribution in [0.4, 0.5) is 4.79 Å². The van der Waals surface area contributed by atoms with Gasteiger partial charge in [0.05, 0.1) is 30.5 Å². The van der Waals surface area contributed by atoms with E-state index in [1.807, 2.05) is 20.0 Å². The van der Waals surface area contributed by atoms with Gasteiger partial charge in [-0.15, -0.1) is 11.8 Å². The molecule has 5 aliphatic rings. The molecule has 2 aromatic rings. The molecule has 278 valence electrons. The van der Waals surface area contributed by atoms with Crippen LogP contribution in [0.15, 0.2) is 6.07 Å². The maximum absolute atomic E-state index is 13.7. The Balaban J connectivity index is 1.45. The van der Waals surface area contributed by atoms with Gasteiger partial charge < -0.3 is 38.8 Å². The summed E-state index contributed by atoms with van der Waals surface area (Å²) in [6, 6.07) is 0.309. The summed E-state index contributed by atoms with van der Waals surface area (Å²) in [5.41, 5.74) is 3.97. The van der Waals surface area contributed by atoms with Gasteiger partial charge in [-0.25, -0.2) is 9.59 Å². The average Bonchev–Trinajstić information content (AvgIpc) is 3.57. The minimum atomic E-state index is -1.88. The highest BCUT2D eigenvalue weighted by atomic mass is 35.6. The van der Waals surface area contributed by atoms with Crippen LogP contribution >= 0.6 is 46.6 Å². The number of rotatable bonds is 4. The maximum atomic E-state index is 13.7. The number of alkyl carbamates (subject to hydrolysis) is 1. The Bertz CT molecular complexity index is 1900. The molecule has 18 heteroatoms. The summed E-state index contributed by atoms with van der Waals surface area (Å²) in [5.74, 6) is -0.00818. The number of cyclic esters (lactones) is 1. The lowest BCUT2D eigenvalue weighted by molar-refractivity contribution is -0.151. The molecule has 0 aromatic heterocycles. The number of likely N-dealkylation sites (N-methyl/N-ethyl adjacent to an activating group) is 1. The van der Waals surface area contributed by atoms with Crippen LogP contribution in [0.2, 0.25) is 0 Å². The topological polar surface area (TPSA) is 169 Å². The van der Waals surface area contributed by atoms with E-state index in [1.165, 1.54) is 25.8 Å². The number of phenolic OH excluding ortho intramolecular Hbond substituents is 1. The molecule has 4 bridgehead atoms. The van der Waals surface area contributed by atoms with Gasteiger partial charge in [0.2, 0.25) is 10.6 Å². The molecule has 2 saturated heterocycles. The number of nitriles is 1. The Hall–Kier alpha value is -3.52. The molecule has 1 unspecified atom stereocenters. The third-order valence-corrected chi connectivity index (χ3v) is 12.0. The van der Waals surface area contributed by atoms with Crippen LogP contribution in [0.3, 0.4) is 0 Å². The number of nitrogens with zero attached hydrogens (tertiary/aromatic N) is 3. The molecule has 2 fully saturated rings. The van der Waals surface area contributed by atoms with Gasteiger partial charge in [0.25, 0.3) is 0 Å². The number of fused-ring (bicyclic) bond motifs is 9. The molecule has 52 heavy (non-hydrogen) atoms. The fourth-order valence-electron chi connectivity index (χ4n) is 8.40. The summed E-state index contributed by atoms with van der Waals surface area (Å²) in [5, 5.41) is 24.7. The number of hydrogen-bond donors (Lipinski definition) is 2. The van der Waals surface area contributed by atoms with E-state index in [4.69, 9.17) is 63.2 Å². The molecule has 5 aliphatic heterocycles. The first-order chi connectivity index (χ1) is 24.7. The van der Waals surface area contributed by atoms with Crippen molar-refractivity contribution in [2.24, 2.45) is 0 Å². The molecule has 0 saturated carbocycles. The van der Waals surface area contributed by atoms with Crippen molar-refractivity contribution < 1.29 is 47.9 Å². The zero-order valence-corrected chi connectivity index (χ0v) is 31.7. The van der Waals surface area contributed by atoms with Gasteiger partial charge in [0.15, 0.2) is 23.0 Å². The van der Waals surface area contributed by atoms with Gasteiger partial charge in [-0.3, -0.25) is 14.6 Å². The van der Waals surface area contributed by atoms with Crippen molar-refractivity contribution in [3.8, 4) is 34.8 Å². The van der Waals surface area contributed by atoms with Crippen LogP contribution in [0.1, 0.15) is 57.6 Å². The van der Waals surface area contributed by atoms with Gasteiger partial charge >= 0.3 is 18.0 Å². The third kappa shape index (κ3) is 6.01. The Labute approximate surface area is 318 Å². The number of methoxy groups -OCH3 is 1. The molecule has 0 aliphatic carbocycles. The number of esters is 2. The summed E-state index contributed by atoms with van der Waals surface area (Å²) in [6.07, 6.45) is -0.553. The number of aromatic hydroxyl groups is 1. The highest BCUT2D eigenvalue weighted by Gasteiger charge is 2.60. The quantitative estimate of drug-likeness (QED) is 0.248. The standard InChI is InChI=1S/C34H35Cl3N4O10S/c1-13-6-16-7-18-19(8-38)41-20-9-47-32(44)17(39-33(45)48-11-34(35,36)37)10-52-31(25(41)24(40(18)4)21(16)26(43)27(13)46-5)23-22(20)30-29(49-12-50-30)14(2)28(23)51-15(3)42/h6,17-20,24-25,31,43H,7,9-12H2,1-5H3,(H,39,45)/t17-,18+,19+,20+,24-,25?,31-/m1/s1. The van der Waals surface area contributed by atoms with Crippen molar-refractivity contribution in [1.82, 2.24) is 15.1 Å². The van der Waals surface area contributed by atoms with Gasteiger partial charge in [-0.05, 0) is 38.4 Å². The van der Waals surface area contributed by atoms with Crippen LogP contribution in [0.5, 0.6) is 28.7 Å². The summed E-state index contributed by atoms with van der Waals surface area (Å²) in [7, 11) is 3.42. The van der Waals surface area contributed by atoms with E-state index in [-0.39, 0.29) is 36.7 Å². The SMILES string of the molecule is COc1c(C)cc2c(c1O)[C@@H]1C3[C@@H]4SC[C@@H](NC(=O)OCC(Cl)(Cl)Cl)C(=O)OC[C@@H](c5c6c(c(C)c(OC(C)=O)c54)OCO6)N3[C@@H](C#N)[C@H](C2)N1C. The van der Waals surface area contributed by atoms with Gasteiger partial charge in [-0.2, -0.15) is 5.26 Å². The van der Waals surface area contributed by atoms with E-state index < -0.39 is 63.9 Å². The maximum Gasteiger partial charge on any atom is 0.408 e. The van der Waals surface area contributed by atoms with Crippen LogP contribution in [0.25, 0.3) is 0 Å². The second-order valence-corrected chi connectivity index (χ2v) is 17.0. The fraction of sp³-hybridized carbons (Fsp3) is 0.529. The Morgan fingerprint density at radius 2 is 1.88 bits per heavy atom. The number of ether oxygens (including phenoxy) is 6. The number of carbonyl (C=O) groups is 3. The van der Waals surface area contributed by atoms with E-state index in [1.54, 1.807) is 6.92 Å². The summed E-state index contributed by atoms with van der Waals surface area (Å²) in [4.78, 5) is 43.4. The largest absolute Gasteiger partial charge is 0.504 e. The number of nitrogens with one attached hydrogen (secondary N) is 1. The minimum absolute atomic E-state index is 0.00825. The Morgan fingerprint density at radius 3 is 2.56 bits per heavy atom. The van der Waals surface area contributed by atoms with E-state index >= 15 is 0 Å². The van der Waals surface area contributed by atoms with Crippen molar-refractivity contribution in [2.75, 3.05) is 39.9 Å². The number of halogens is 3. The lowest BCUT2D eigenvalue weighted by Crippen LogP contribution is -2.69. The van der Waals surface area contributed by atoms with E-state index in [0.717, 1.165) is 11.1 Å². The molecule has 5 heterocycles. The van der Waals surface area contributed by atoms with Crippen molar-refractivity contribution in [3.05, 3.63) is 39.4 Å². The molecular weight excluding hydrogens is 763 g/mol. The van der Waals surface area contributed by atoms with Gasteiger partial charge in [-0.1, -0.05) is 40.9 Å². The van der Waals surface area contributed by atoms with Crippen LogP contribution in [-0.2, 0) is 25.5 Å². The zero-order chi connectivity index (χ0) is 37.4. The second-order valence-electron chi connectivity index (χ2n) is 13.3. The minimum Gasteiger partial charge on any atom is -0.504 e. The van der Waals surface area contributed by atoms with Crippen LogP contribution in [0, 0.1) is 25.2 Å². The van der Waals surface area contributed by atoms with Crippen LogP contribution < -0.4 is 24.3 Å². The van der Waals surface area contributed by atoms with Crippen LogP contribution in [-0.4, -0.2) is 101 Å². The monoisotopic (exact) mass is 796 g/mol. The first-order valence-electron chi connectivity index (χ1n) is 16.4. The normalized spacial score (nSPS) is 27.7. The lowest BCUT2D eigenvalue weighted by atomic mass is 9.71. The smallest absolute Gasteiger partial charge is 0.408 e. The summed E-state index contributed by atoms with van der Waals surface area (Å²) in [6.45, 7) is 3.97. The number of carbonyl (C=O) groups excluding carboxylic acids is 3. The Kier molecular flexibility index (Phi) is 9.71. The first kappa shape index (κ1) is 36.8. The average molecular weight is 798 g/mol. The number of alkyl halides is 3. The molecule has 7 rings (SSSR count). The van der Waals surface area contributed by atoms with E-state index in [2.05, 4.69) is 21.2 Å².